The average molecular weight is 535 g/mol. The summed E-state index contributed by atoms with van der Waals surface area (Å²) in [6, 6.07) is 4.19. The molecular weight excluding hydrogens is 495 g/mol. The zero-order valence-corrected chi connectivity index (χ0v) is 22.2. The Labute approximate surface area is 223 Å². The van der Waals surface area contributed by atoms with E-state index in [-0.39, 0.29) is 40.9 Å². The highest BCUT2D eigenvalue weighted by atomic mass is 35.5. The highest BCUT2D eigenvalue weighted by Crippen LogP contribution is 2.60. The third kappa shape index (κ3) is 5.49. The van der Waals surface area contributed by atoms with Gasteiger partial charge in [0.05, 0.1) is 17.4 Å². The molecule has 2 heterocycles. The monoisotopic (exact) mass is 534 g/mol. The fourth-order valence-corrected chi connectivity index (χ4v) is 7.44. The predicted octanol–water partition coefficient (Wildman–Crippen LogP) is 2.98. The number of ether oxygens (including phenoxy) is 1. The molecule has 6 fully saturated rings. The summed E-state index contributed by atoms with van der Waals surface area (Å²) in [7, 11) is 0. The lowest BCUT2D eigenvalue weighted by Crippen LogP contribution is -2.86. The first-order valence-electron chi connectivity index (χ1n) is 14.1. The lowest BCUT2D eigenvalue weighted by Gasteiger charge is -2.71. The van der Waals surface area contributed by atoms with Crippen LogP contribution in [0.3, 0.4) is 0 Å². The van der Waals surface area contributed by atoms with Crippen molar-refractivity contribution < 1.29 is 13.9 Å². The maximum Gasteiger partial charge on any atom is 0.258 e. The van der Waals surface area contributed by atoms with E-state index in [0.29, 0.717) is 17.8 Å². The van der Waals surface area contributed by atoms with Crippen LogP contribution in [0.15, 0.2) is 18.2 Å². The number of carbonyl (C=O) groups is 1. The second kappa shape index (κ2) is 10.6. The predicted molar refractivity (Wildman–Crippen MR) is 140 cm³/mol. The summed E-state index contributed by atoms with van der Waals surface area (Å²) in [5.41, 5.74) is 3.73. The van der Waals surface area contributed by atoms with Gasteiger partial charge in [-0.05, 0) is 50.2 Å². The molecule has 10 heteroatoms. The van der Waals surface area contributed by atoms with Gasteiger partial charge in [-0.2, -0.15) is 0 Å². The maximum atomic E-state index is 13.6. The van der Waals surface area contributed by atoms with E-state index in [4.69, 9.17) is 16.3 Å². The number of amides is 1. The van der Waals surface area contributed by atoms with Crippen LogP contribution in [0.2, 0.25) is 5.02 Å². The quantitative estimate of drug-likeness (QED) is 0.367. The lowest BCUT2D eigenvalue weighted by molar-refractivity contribution is -0.147. The summed E-state index contributed by atoms with van der Waals surface area (Å²) >= 11 is 5.70. The molecule has 37 heavy (non-hydrogen) atoms. The first-order valence-corrected chi connectivity index (χ1v) is 14.5. The highest BCUT2D eigenvalue weighted by molar-refractivity contribution is 6.30. The molecule has 2 aliphatic heterocycles. The number of rotatable bonds is 7. The van der Waals surface area contributed by atoms with Gasteiger partial charge in [-0.3, -0.25) is 20.7 Å². The summed E-state index contributed by atoms with van der Waals surface area (Å²) in [6.07, 6.45) is 14.3. The molecule has 4 aliphatic carbocycles. The smallest absolute Gasteiger partial charge is 0.258 e. The van der Waals surface area contributed by atoms with Crippen LogP contribution >= 0.6 is 11.6 Å². The minimum absolute atomic E-state index is 0.0356. The van der Waals surface area contributed by atoms with E-state index < -0.39 is 5.82 Å². The first kappa shape index (κ1) is 25.8. The Morgan fingerprint density at radius 3 is 2.57 bits per heavy atom. The summed E-state index contributed by atoms with van der Waals surface area (Å²) in [5.74, 6) is 0.251. The highest BCUT2D eigenvalue weighted by Gasteiger charge is 2.69. The molecular formula is C27H40ClFN6O2. The van der Waals surface area contributed by atoms with Crippen LogP contribution in [0.25, 0.3) is 0 Å². The van der Waals surface area contributed by atoms with Gasteiger partial charge >= 0.3 is 0 Å². The molecule has 0 aromatic heterocycles. The van der Waals surface area contributed by atoms with Gasteiger partial charge in [0.2, 0.25) is 0 Å². The van der Waals surface area contributed by atoms with E-state index in [9.17, 15) is 9.18 Å². The Morgan fingerprint density at radius 2 is 1.84 bits per heavy atom. The van der Waals surface area contributed by atoms with Gasteiger partial charge in [-0.1, -0.05) is 50.1 Å². The van der Waals surface area contributed by atoms with Crippen molar-refractivity contribution in [2.24, 2.45) is 5.92 Å². The van der Waals surface area contributed by atoms with E-state index in [2.05, 4.69) is 31.7 Å². The number of nitrogens with zero attached hydrogens (tertiary/aromatic N) is 1. The summed E-state index contributed by atoms with van der Waals surface area (Å²) in [4.78, 5) is 12.5. The number of hydrogen-bond acceptors (Lipinski definition) is 7. The second-order valence-corrected chi connectivity index (χ2v) is 12.4. The zero-order chi connectivity index (χ0) is 25.5. The Morgan fingerprint density at radius 1 is 1.11 bits per heavy atom. The first-order chi connectivity index (χ1) is 17.9. The number of hydrogen-bond donors (Lipinski definition) is 5. The van der Waals surface area contributed by atoms with Crippen molar-refractivity contribution in [3.63, 3.8) is 0 Å². The number of halogens is 2. The molecule has 8 nitrogen and oxygen atoms in total. The Balaban J connectivity index is 0.972. The van der Waals surface area contributed by atoms with E-state index in [1.54, 1.807) is 6.07 Å². The third-order valence-corrected chi connectivity index (χ3v) is 9.36. The van der Waals surface area contributed by atoms with Crippen molar-refractivity contribution >= 4 is 17.5 Å². The van der Waals surface area contributed by atoms with Gasteiger partial charge in [0, 0.05) is 30.2 Å². The normalized spacial score (nSPS) is 36.3. The number of nitrogens with one attached hydrogen (secondary N) is 5. The van der Waals surface area contributed by atoms with E-state index >= 15 is 0 Å². The van der Waals surface area contributed by atoms with Crippen LogP contribution in [0.4, 0.5) is 4.39 Å². The minimum atomic E-state index is -0.555. The Kier molecular flexibility index (Phi) is 7.37. The van der Waals surface area contributed by atoms with E-state index in [1.165, 1.54) is 63.5 Å². The van der Waals surface area contributed by atoms with Gasteiger partial charge < -0.3 is 10.1 Å². The van der Waals surface area contributed by atoms with Crippen molar-refractivity contribution in [2.45, 2.75) is 100 Å². The lowest BCUT2D eigenvalue weighted by atomic mass is 9.44. The van der Waals surface area contributed by atoms with Crippen molar-refractivity contribution in [3.8, 4) is 5.75 Å². The van der Waals surface area contributed by atoms with Crippen LogP contribution in [0.5, 0.6) is 5.75 Å². The molecule has 2 saturated heterocycles. The van der Waals surface area contributed by atoms with Gasteiger partial charge in [-0.15, -0.1) is 0 Å². The molecule has 0 radical (unpaired) electrons. The average Bonchev–Trinajstić information content (AvgIpc) is 3.32. The molecule has 2 bridgehead atoms. The van der Waals surface area contributed by atoms with Crippen LogP contribution in [-0.4, -0.2) is 60.2 Å². The number of piperazine rings is 1. The zero-order valence-electron chi connectivity index (χ0n) is 21.5. The molecule has 204 valence electrons. The van der Waals surface area contributed by atoms with Crippen LogP contribution in [0, 0.1) is 11.7 Å². The number of fused-ring (bicyclic) bond motifs is 1. The Hall–Kier alpha value is -1.49. The van der Waals surface area contributed by atoms with Gasteiger partial charge in [0.1, 0.15) is 17.7 Å². The molecule has 0 spiro atoms. The fraction of sp³-hybridized carbons (Fsp3) is 0.741. The molecule has 1 aromatic carbocycles. The summed E-state index contributed by atoms with van der Waals surface area (Å²) in [5, 5.41) is 17.1. The SMILES string of the molecule is O=C(COc1ccc(Cl)c(F)c1)NC12CC(NC3NCCN4NC(C5CCCCCCCC5)NC34)(C1)C2. The molecule has 1 amide bonds. The van der Waals surface area contributed by atoms with Crippen LogP contribution < -0.4 is 31.4 Å². The molecule has 4 saturated carbocycles. The summed E-state index contributed by atoms with van der Waals surface area (Å²) < 4.78 is 19.0. The Bertz CT molecular complexity index is 968. The molecule has 6 aliphatic rings. The van der Waals surface area contributed by atoms with Crippen molar-refractivity contribution in [1.29, 1.82) is 0 Å². The van der Waals surface area contributed by atoms with Crippen LogP contribution in [-0.2, 0) is 4.79 Å². The van der Waals surface area contributed by atoms with Crippen LogP contribution in [0.1, 0.15) is 70.6 Å². The summed E-state index contributed by atoms with van der Waals surface area (Å²) in [6.45, 7) is 1.80. The van der Waals surface area contributed by atoms with Crippen molar-refractivity contribution in [1.82, 2.24) is 31.7 Å². The second-order valence-electron chi connectivity index (χ2n) is 12.0. The number of carbonyl (C=O) groups excluding carboxylic acids is 1. The van der Waals surface area contributed by atoms with Gasteiger partial charge in [-0.25, -0.2) is 14.8 Å². The third-order valence-electron chi connectivity index (χ3n) is 9.05. The van der Waals surface area contributed by atoms with E-state index in [0.717, 1.165) is 32.4 Å². The molecule has 5 N–H and O–H groups in total. The number of hydrazine groups is 1. The topological polar surface area (TPSA) is 89.7 Å². The molecule has 1 aromatic rings. The minimum Gasteiger partial charge on any atom is -0.484 e. The van der Waals surface area contributed by atoms with Crippen molar-refractivity contribution in [3.05, 3.63) is 29.0 Å². The van der Waals surface area contributed by atoms with Crippen molar-refractivity contribution in [2.75, 3.05) is 19.7 Å². The number of benzene rings is 1. The molecule has 3 unspecified atom stereocenters. The maximum absolute atomic E-state index is 13.6. The van der Waals surface area contributed by atoms with E-state index in [1.807, 2.05) is 0 Å². The van der Waals surface area contributed by atoms with Gasteiger partial charge in [0.15, 0.2) is 6.61 Å². The molecule has 3 atom stereocenters. The fourth-order valence-electron chi connectivity index (χ4n) is 7.32. The van der Waals surface area contributed by atoms with Gasteiger partial charge in [0.25, 0.3) is 5.91 Å². The largest absolute Gasteiger partial charge is 0.484 e. The standard InChI is InChI=1S/C27H40ClFN6O2/c28-20-10-9-19(13-21(20)29)37-14-22(36)32-26-15-27(16-26,17-26)33-24-25-31-23(34-35(25)12-11-30-24)18-7-5-3-1-2-4-6-8-18/h9-10,13,18,23-25,30-31,33-34H,1-8,11-12,14-17H2,(H,32,36). The molecule has 7 rings (SSSR count).